The van der Waals surface area contributed by atoms with Crippen LogP contribution < -0.4 is 10.2 Å². The molecule has 0 bridgehead atoms. The Morgan fingerprint density at radius 3 is 2.74 bits per heavy atom. The second kappa shape index (κ2) is 5.88. The van der Waals surface area contributed by atoms with E-state index >= 15 is 0 Å². The maximum absolute atomic E-state index is 12.3. The van der Waals surface area contributed by atoms with Crippen LogP contribution in [0.4, 0.5) is 11.5 Å². The van der Waals surface area contributed by atoms with Crippen LogP contribution in [0.5, 0.6) is 0 Å². The molecule has 0 aliphatic carbocycles. The third kappa shape index (κ3) is 2.72. The summed E-state index contributed by atoms with van der Waals surface area (Å²) in [7, 11) is 0. The van der Waals surface area contributed by atoms with Crippen molar-refractivity contribution in [2.45, 2.75) is 12.8 Å². The fourth-order valence-electron chi connectivity index (χ4n) is 2.65. The van der Waals surface area contributed by atoms with Crippen LogP contribution in [0.15, 0.2) is 30.3 Å². The van der Waals surface area contributed by atoms with Crippen molar-refractivity contribution in [2.24, 2.45) is 0 Å². The van der Waals surface area contributed by atoms with Crippen molar-refractivity contribution in [1.82, 2.24) is 18.9 Å². The summed E-state index contributed by atoms with van der Waals surface area (Å²) in [5.41, 5.74) is 2.37. The van der Waals surface area contributed by atoms with E-state index in [4.69, 9.17) is 0 Å². The van der Waals surface area contributed by atoms with Gasteiger partial charge in [-0.1, -0.05) is 6.07 Å². The van der Waals surface area contributed by atoms with Crippen molar-refractivity contribution in [1.29, 1.82) is 0 Å². The first-order valence-corrected chi connectivity index (χ1v) is 8.15. The molecule has 1 N–H and O–H groups in total. The Morgan fingerprint density at radius 2 is 1.96 bits per heavy atom. The van der Waals surface area contributed by atoms with E-state index in [0.29, 0.717) is 11.2 Å². The molecule has 1 aliphatic rings. The van der Waals surface area contributed by atoms with Gasteiger partial charge in [-0.3, -0.25) is 4.79 Å². The molecule has 3 heterocycles. The summed E-state index contributed by atoms with van der Waals surface area (Å²) < 4.78 is 8.37. The van der Waals surface area contributed by atoms with Crippen LogP contribution in [-0.2, 0) is 0 Å². The molecule has 0 radical (unpaired) electrons. The molecule has 2 aromatic heterocycles. The van der Waals surface area contributed by atoms with E-state index in [-0.39, 0.29) is 11.6 Å². The Balaban J connectivity index is 1.53. The van der Waals surface area contributed by atoms with Crippen LogP contribution in [-0.4, -0.2) is 37.9 Å². The van der Waals surface area contributed by atoms with Crippen molar-refractivity contribution in [3.8, 4) is 0 Å². The summed E-state index contributed by atoms with van der Waals surface area (Å²) in [6, 6.07) is 9.04. The Kier molecular flexibility index (Phi) is 3.58. The number of hydrogen-bond donors (Lipinski definition) is 1. The van der Waals surface area contributed by atoms with Crippen LogP contribution in [0.3, 0.4) is 0 Å². The predicted octanol–water partition coefficient (Wildman–Crippen LogP) is 2.33. The Morgan fingerprint density at radius 1 is 1.09 bits per heavy atom. The molecule has 3 aromatic rings. The van der Waals surface area contributed by atoms with Gasteiger partial charge in [0, 0.05) is 13.1 Å². The van der Waals surface area contributed by atoms with Crippen molar-refractivity contribution < 1.29 is 4.79 Å². The zero-order valence-electron chi connectivity index (χ0n) is 12.3. The molecule has 116 valence electrons. The number of nitrogens with zero attached hydrogens (tertiary/aromatic N) is 5. The number of benzene rings is 1. The highest BCUT2D eigenvalue weighted by Crippen LogP contribution is 2.22. The van der Waals surface area contributed by atoms with Crippen molar-refractivity contribution in [3.05, 3.63) is 36.0 Å². The number of carbonyl (C=O) groups excluding carboxylic acids is 1. The van der Waals surface area contributed by atoms with Crippen LogP contribution in [0.25, 0.3) is 11.0 Å². The fraction of sp³-hybridized carbons (Fsp3) is 0.267. The molecule has 1 aliphatic heterocycles. The van der Waals surface area contributed by atoms with E-state index in [1.54, 1.807) is 12.1 Å². The van der Waals surface area contributed by atoms with Gasteiger partial charge in [0.2, 0.25) is 0 Å². The minimum absolute atomic E-state index is 0.285. The minimum atomic E-state index is -0.300. The first-order valence-electron chi connectivity index (χ1n) is 7.42. The van der Waals surface area contributed by atoms with Gasteiger partial charge < -0.3 is 10.2 Å². The SMILES string of the molecule is O=C(Nc1cccc2nsnc12)c1ccc(N2CCCC2)nn1. The maximum atomic E-state index is 12.3. The van der Waals surface area contributed by atoms with Crippen molar-refractivity contribution >= 4 is 40.2 Å². The Hall–Kier alpha value is -2.61. The number of fused-ring (bicyclic) bond motifs is 1. The highest BCUT2D eigenvalue weighted by molar-refractivity contribution is 7.00. The normalized spacial score (nSPS) is 14.3. The van der Waals surface area contributed by atoms with E-state index in [2.05, 4.69) is 29.2 Å². The quantitative estimate of drug-likeness (QED) is 0.795. The lowest BCUT2D eigenvalue weighted by Gasteiger charge is -2.15. The third-order valence-electron chi connectivity index (χ3n) is 3.85. The highest BCUT2D eigenvalue weighted by atomic mass is 32.1. The molecular weight excluding hydrogens is 312 g/mol. The van der Waals surface area contributed by atoms with Gasteiger partial charge in [-0.15, -0.1) is 10.2 Å². The largest absolute Gasteiger partial charge is 0.355 e. The summed E-state index contributed by atoms with van der Waals surface area (Å²) in [6.45, 7) is 2.00. The van der Waals surface area contributed by atoms with Gasteiger partial charge in [-0.25, -0.2) is 0 Å². The minimum Gasteiger partial charge on any atom is -0.355 e. The highest BCUT2D eigenvalue weighted by Gasteiger charge is 2.16. The van der Waals surface area contributed by atoms with Gasteiger partial charge in [0.15, 0.2) is 11.5 Å². The van der Waals surface area contributed by atoms with E-state index in [0.717, 1.165) is 36.2 Å². The monoisotopic (exact) mass is 326 g/mol. The Labute approximate surface area is 136 Å². The van der Waals surface area contributed by atoms with Crippen LogP contribution >= 0.6 is 11.7 Å². The average molecular weight is 326 g/mol. The molecule has 7 nitrogen and oxygen atoms in total. The predicted molar refractivity (Wildman–Crippen MR) is 88.8 cm³/mol. The number of aromatic nitrogens is 4. The lowest BCUT2D eigenvalue weighted by atomic mass is 10.2. The second-order valence-electron chi connectivity index (χ2n) is 5.36. The van der Waals surface area contributed by atoms with Gasteiger partial charge in [0.25, 0.3) is 5.91 Å². The third-order valence-corrected chi connectivity index (χ3v) is 4.39. The lowest BCUT2D eigenvalue weighted by molar-refractivity contribution is 0.102. The molecule has 1 fully saturated rings. The Bertz CT molecular complexity index is 841. The average Bonchev–Trinajstić information content (AvgIpc) is 3.27. The summed E-state index contributed by atoms with van der Waals surface area (Å²) in [5, 5.41) is 11.0. The van der Waals surface area contributed by atoms with Crippen molar-refractivity contribution in [3.63, 3.8) is 0 Å². The standard InChI is InChI=1S/C15H14N6OS/c22-15(16-10-4-3-5-11-14(10)20-23-19-11)12-6-7-13(18-17-12)21-8-1-2-9-21/h3-7H,1-2,8-9H2,(H,16,22). The van der Waals surface area contributed by atoms with E-state index in [9.17, 15) is 4.79 Å². The molecule has 0 saturated carbocycles. The van der Waals surface area contributed by atoms with Crippen molar-refractivity contribution in [2.75, 3.05) is 23.3 Å². The topological polar surface area (TPSA) is 83.9 Å². The molecular formula is C15H14N6OS. The molecule has 1 aromatic carbocycles. The zero-order chi connectivity index (χ0) is 15.6. The smallest absolute Gasteiger partial charge is 0.276 e. The van der Waals surface area contributed by atoms with Crippen LogP contribution in [0.1, 0.15) is 23.3 Å². The molecule has 1 saturated heterocycles. The number of carbonyl (C=O) groups is 1. The van der Waals surface area contributed by atoms with E-state index < -0.39 is 0 Å². The number of hydrogen-bond acceptors (Lipinski definition) is 7. The van der Waals surface area contributed by atoms with Gasteiger partial charge in [-0.2, -0.15) is 8.75 Å². The van der Waals surface area contributed by atoms with Crippen LogP contribution in [0.2, 0.25) is 0 Å². The molecule has 0 unspecified atom stereocenters. The summed E-state index contributed by atoms with van der Waals surface area (Å²) >= 11 is 1.12. The fourth-order valence-corrected chi connectivity index (χ4v) is 3.20. The first-order chi connectivity index (χ1) is 11.3. The molecule has 4 rings (SSSR count). The second-order valence-corrected chi connectivity index (χ2v) is 5.89. The van der Waals surface area contributed by atoms with Gasteiger partial charge in [0.1, 0.15) is 11.0 Å². The first kappa shape index (κ1) is 14.0. The van der Waals surface area contributed by atoms with Gasteiger partial charge in [-0.05, 0) is 37.1 Å². The number of amides is 1. The molecule has 23 heavy (non-hydrogen) atoms. The molecule has 1 amide bonds. The summed E-state index contributed by atoms with van der Waals surface area (Å²) in [6.07, 6.45) is 2.35. The lowest BCUT2D eigenvalue weighted by Crippen LogP contribution is -2.21. The zero-order valence-corrected chi connectivity index (χ0v) is 13.1. The number of nitrogens with one attached hydrogen (secondary N) is 1. The maximum Gasteiger partial charge on any atom is 0.276 e. The van der Waals surface area contributed by atoms with Gasteiger partial charge >= 0.3 is 0 Å². The molecule has 0 atom stereocenters. The van der Waals surface area contributed by atoms with E-state index in [1.807, 2.05) is 18.2 Å². The molecule has 8 heteroatoms. The van der Waals surface area contributed by atoms with Gasteiger partial charge in [0.05, 0.1) is 17.4 Å². The van der Waals surface area contributed by atoms with Crippen LogP contribution in [0, 0.1) is 0 Å². The van der Waals surface area contributed by atoms with E-state index in [1.165, 1.54) is 12.8 Å². The summed E-state index contributed by atoms with van der Waals surface area (Å²) in [5.74, 6) is 0.524. The summed E-state index contributed by atoms with van der Waals surface area (Å²) in [4.78, 5) is 14.5. The number of rotatable bonds is 3. The molecule has 0 spiro atoms. The number of anilines is 2.